The molecule has 22 heavy (non-hydrogen) atoms. The molecule has 1 aromatic rings. The summed E-state index contributed by atoms with van der Waals surface area (Å²) in [4.78, 5) is 21.2. The van der Waals surface area contributed by atoms with Crippen molar-refractivity contribution in [3.8, 4) is 0 Å². The normalized spacial score (nSPS) is 12.3. The Hall–Kier alpha value is -0.800. The summed E-state index contributed by atoms with van der Waals surface area (Å²) in [6.45, 7) is 0. The molecule has 4 nitrogen and oxygen atoms in total. The van der Waals surface area contributed by atoms with Crippen molar-refractivity contribution in [2.75, 3.05) is 0 Å². The van der Waals surface area contributed by atoms with Gasteiger partial charge in [0.2, 0.25) is 0 Å². The molecule has 126 valence electrons. The van der Waals surface area contributed by atoms with Crippen LogP contribution in [0.5, 0.6) is 0 Å². The summed E-state index contributed by atoms with van der Waals surface area (Å²) in [5.74, 6) is -4.75. The molecule has 1 aromatic carbocycles. The minimum atomic E-state index is -5.15. The Morgan fingerprint density at radius 3 is 1.36 bits per heavy atom. The third kappa shape index (κ3) is 6.13. The Labute approximate surface area is 140 Å². The van der Waals surface area contributed by atoms with E-state index in [2.05, 4.69) is 6.13 Å². The number of hydrogen-bond acceptors (Lipinski definition) is 4. The first-order valence-corrected chi connectivity index (χ1v) is 8.88. The Kier molecular flexibility index (Phi) is 6.69. The predicted octanol–water partition coefficient (Wildman–Crippen LogP) is -3.76. The molecular weight excluding hydrogens is 552 g/mol. The van der Waals surface area contributed by atoms with E-state index < -0.39 is 67.5 Å². The van der Waals surface area contributed by atoms with Gasteiger partial charge in [0, 0.05) is 0 Å². The molecule has 0 fully saturated rings. The van der Waals surface area contributed by atoms with Crippen LogP contribution in [0, 0.1) is 7.14 Å². The molecule has 0 aliphatic heterocycles. The van der Waals surface area contributed by atoms with Crippen molar-refractivity contribution >= 4 is 11.9 Å². The third-order valence-corrected chi connectivity index (χ3v) is 6.77. The molecule has 0 aliphatic carbocycles. The molecule has 0 heterocycles. The molecule has 0 aliphatic rings. The number of alkyl halides is 6. The van der Waals surface area contributed by atoms with Gasteiger partial charge in [-0.2, -0.15) is 0 Å². The van der Waals surface area contributed by atoms with Crippen LogP contribution >= 0.6 is 0 Å². The summed E-state index contributed by atoms with van der Waals surface area (Å²) in [6.07, 6.45) is -10.3. The zero-order chi connectivity index (χ0) is 17.0. The van der Waals surface area contributed by atoms with E-state index in [1.54, 1.807) is 0 Å². The standard InChI is InChI=1S/C10H4F6I2O4/c11-9(12,13)7(19)21-17-5-3-1-2-4-6(5)18-22-8(20)10(14,15)16/h1-4H/q-2. The van der Waals surface area contributed by atoms with Gasteiger partial charge in [0.1, 0.15) is 0 Å². The number of carbonyl (C=O) groups is 2. The second-order valence-electron chi connectivity index (χ2n) is 3.29. The quantitative estimate of drug-likeness (QED) is 0.283. The van der Waals surface area contributed by atoms with Gasteiger partial charge < -0.3 is 0 Å². The van der Waals surface area contributed by atoms with Crippen molar-refractivity contribution in [1.29, 1.82) is 0 Å². The number of halogens is 8. The van der Waals surface area contributed by atoms with Gasteiger partial charge in [0.15, 0.2) is 0 Å². The summed E-state index contributed by atoms with van der Waals surface area (Å²) in [6, 6.07) is 5.42. The molecule has 0 atom stereocenters. The van der Waals surface area contributed by atoms with Crippen LogP contribution in [0.15, 0.2) is 24.3 Å². The van der Waals surface area contributed by atoms with Crippen LogP contribution in [0.2, 0.25) is 0 Å². The van der Waals surface area contributed by atoms with Crippen LogP contribution in [0.4, 0.5) is 26.3 Å². The zero-order valence-electron chi connectivity index (χ0n) is 9.97. The summed E-state index contributed by atoms with van der Waals surface area (Å²) >= 11 is -3.75. The second kappa shape index (κ2) is 7.65. The molecular formula is C10H4F6I2O4-2. The molecule has 0 unspecified atom stereocenters. The van der Waals surface area contributed by atoms with Gasteiger partial charge in [0.05, 0.1) is 0 Å². The topological polar surface area (TPSA) is 52.6 Å². The fraction of sp³-hybridized carbons (Fsp3) is 0.200. The molecule has 0 N–H and O–H groups in total. The second-order valence-corrected chi connectivity index (χ2v) is 7.38. The fourth-order valence-electron chi connectivity index (χ4n) is 0.805. The van der Waals surface area contributed by atoms with Crippen LogP contribution in [-0.4, -0.2) is 24.3 Å². The maximum atomic E-state index is 12.0. The van der Waals surface area contributed by atoms with Gasteiger partial charge in [-0.15, -0.1) is 0 Å². The van der Waals surface area contributed by atoms with Crippen molar-refractivity contribution < 1.29 is 85.3 Å². The summed E-state index contributed by atoms with van der Waals surface area (Å²) < 4.78 is 80.5. The fourth-order valence-corrected chi connectivity index (χ4v) is 4.78. The SMILES string of the molecule is O=C(O[I-]c1ccccc1[I-]OC(=O)C(F)(F)F)C(F)(F)F. The molecule has 1 rings (SSSR count). The first-order chi connectivity index (χ1) is 10.0. The van der Waals surface area contributed by atoms with Crippen molar-refractivity contribution in [2.24, 2.45) is 0 Å². The minimum absolute atomic E-state index is 0.140. The molecule has 0 saturated carbocycles. The molecule has 0 aromatic heterocycles. The van der Waals surface area contributed by atoms with Crippen LogP contribution in [0.3, 0.4) is 0 Å². The maximum absolute atomic E-state index is 12.0. The molecule has 0 spiro atoms. The number of rotatable bonds is 4. The van der Waals surface area contributed by atoms with Crippen LogP contribution in [0.25, 0.3) is 0 Å². The van der Waals surface area contributed by atoms with E-state index in [0.29, 0.717) is 0 Å². The molecule has 0 radical (unpaired) electrons. The van der Waals surface area contributed by atoms with E-state index in [1.807, 2.05) is 0 Å². The summed E-state index contributed by atoms with van der Waals surface area (Å²) in [5.41, 5.74) is 0. The van der Waals surface area contributed by atoms with Gasteiger partial charge in [0.25, 0.3) is 0 Å². The average molecular weight is 556 g/mol. The molecule has 0 saturated heterocycles. The predicted molar refractivity (Wildman–Crippen MR) is 48.1 cm³/mol. The first-order valence-electron chi connectivity index (χ1n) is 4.96. The molecule has 12 heteroatoms. The van der Waals surface area contributed by atoms with Gasteiger partial charge in [-0.25, -0.2) is 0 Å². The van der Waals surface area contributed by atoms with Gasteiger partial charge >= 0.3 is 141 Å². The average Bonchev–Trinajstić information content (AvgIpc) is 2.40. The Bertz CT molecular complexity index is 508. The number of carbonyl (C=O) groups excluding carboxylic acids is 2. The molecule has 0 bridgehead atoms. The summed E-state index contributed by atoms with van der Waals surface area (Å²) in [7, 11) is 0. The number of hydrogen-bond donors (Lipinski definition) is 0. The van der Waals surface area contributed by atoms with E-state index in [1.165, 1.54) is 24.3 Å². The third-order valence-electron chi connectivity index (χ3n) is 1.67. The van der Waals surface area contributed by atoms with Gasteiger partial charge in [-0.05, 0) is 0 Å². The monoisotopic (exact) mass is 556 g/mol. The summed E-state index contributed by atoms with van der Waals surface area (Å²) in [5, 5.41) is 0. The van der Waals surface area contributed by atoms with Crippen LogP contribution in [-0.2, 0) is 15.7 Å². The Balaban J connectivity index is 2.70. The van der Waals surface area contributed by atoms with Gasteiger partial charge in [-0.1, -0.05) is 0 Å². The van der Waals surface area contributed by atoms with Crippen molar-refractivity contribution in [2.45, 2.75) is 12.4 Å². The number of benzene rings is 1. The van der Waals surface area contributed by atoms with E-state index >= 15 is 0 Å². The van der Waals surface area contributed by atoms with Crippen molar-refractivity contribution in [3.05, 3.63) is 31.4 Å². The van der Waals surface area contributed by atoms with E-state index in [4.69, 9.17) is 0 Å². The Morgan fingerprint density at radius 1 is 0.773 bits per heavy atom. The van der Waals surface area contributed by atoms with Crippen LogP contribution in [0.1, 0.15) is 0 Å². The Morgan fingerprint density at radius 2 is 1.09 bits per heavy atom. The van der Waals surface area contributed by atoms with E-state index in [9.17, 15) is 35.9 Å². The van der Waals surface area contributed by atoms with E-state index in [-0.39, 0.29) is 7.14 Å². The van der Waals surface area contributed by atoms with Crippen molar-refractivity contribution in [3.63, 3.8) is 0 Å². The zero-order valence-corrected chi connectivity index (χ0v) is 14.3. The first kappa shape index (κ1) is 19.2. The van der Waals surface area contributed by atoms with Crippen molar-refractivity contribution in [1.82, 2.24) is 0 Å². The van der Waals surface area contributed by atoms with E-state index in [0.717, 1.165) is 0 Å². The van der Waals surface area contributed by atoms with Crippen LogP contribution < -0.4 is 43.2 Å². The van der Waals surface area contributed by atoms with Gasteiger partial charge in [-0.3, -0.25) is 0 Å². The molecule has 0 amide bonds.